The van der Waals surface area contributed by atoms with Crippen molar-refractivity contribution in [2.24, 2.45) is 0 Å². The maximum Gasteiger partial charge on any atom is 0.387 e. The third-order valence-corrected chi connectivity index (χ3v) is 3.52. The zero-order valence-corrected chi connectivity index (χ0v) is 11.1. The summed E-state index contributed by atoms with van der Waals surface area (Å²) in [4.78, 5) is 0. The van der Waals surface area contributed by atoms with Gasteiger partial charge in [-0.05, 0) is 37.5 Å². The van der Waals surface area contributed by atoms with Crippen molar-refractivity contribution in [3.63, 3.8) is 0 Å². The number of rotatable bonds is 6. The summed E-state index contributed by atoms with van der Waals surface area (Å²) >= 11 is 0. The van der Waals surface area contributed by atoms with E-state index in [1.165, 1.54) is 0 Å². The maximum absolute atomic E-state index is 12.0. The Morgan fingerprint density at radius 2 is 1.84 bits per heavy atom. The summed E-state index contributed by atoms with van der Waals surface area (Å²) in [6.45, 7) is -0.717. The van der Waals surface area contributed by atoms with Gasteiger partial charge in [-0.2, -0.15) is 8.78 Å². The first kappa shape index (κ1) is 14.2. The van der Waals surface area contributed by atoms with E-state index >= 15 is 0 Å². The molecule has 0 saturated heterocycles. The van der Waals surface area contributed by atoms with Gasteiger partial charge in [-0.1, -0.05) is 12.1 Å². The summed E-state index contributed by atoms with van der Waals surface area (Å²) in [6.07, 6.45) is 2.41. The van der Waals surface area contributed by atoms with Crippen molar-refractivity contribution in [2.75, 3.05) is 7.11 Å². The fourth-order valence-electron chi connectivity index (χ4n) is 2.28. The topological polar surface area (TPSA) is 30.5 Å². The average molecular weight is 271 g/mol. The Kier molecular flexibility index (Phi) is 4.71. The molecule has 1 atom stereocenters. The molecule has 19 heavy (non-hydrogen) atoms. The summed E-state index contributed by atoms with van der Waals surface area (Å²) in [5.74, 6) is 0.189. The number of halogens is 2. The molecule has 0 heterocycles. The van der Waals surface area contributed by atoms with Gasteiger partial charge in [0.25, 0.3) is 0 Å². The highest BCUT2D eigenvalue weighted by atomic mass is 19.3. The highest BCUT2D eigenvalue weighted by molar-refractivity contribution is 5.29. The SMILES string of the molecule is COC1CC(NC(C)c2ccc(OC(F)F)cc2)C1. The van der Waals surface area contributed by atoms with Crippen LogP contribution < -0.4 is 10.1 Å². The zero-order chi connectivity index (χ0) is 13.8. The Hall–Kier alpha value is -1.20. The van der Waals surface area contributed by atoms with Crippen LogP contribution in [0.5, 0.6) is 5.75 Å². The molecule has 106 valence electrons. The molecule has 1 fully saturated rings. The molecule has 1 N–H and O–H groups in total. The van der Waals surface area contributed by atoms with E-state index < -0.39 is 6.61 Å². The fraction of sp³-hybridized carbons (Fsp3) is 0.571. The summed E-state index contributed by atoms with van der Waals surface area (Å²) in [6, 6.07) is 7.40. The number of alkyl halides is 2. The second-order valence-corrected chi connectivity index (χ2v) is 4.86. The molecule has 1 unspecified atom stereocenters. The van der Waals surface area contributed by atoms with Crippen LogP contribution in [0, 0.1) is 0 Å². The highest BCUT2D eigenvalue weighted by Crippen LogP contribution is 2.26. The van der Waals surface area contributed by atoms with Gasteiger partial charge in [0.1, 0.15) is 5.75 Å². The Labute approximate surface area is 111 Å². The van der Waals surface area contributed by atoms with Gasteiger partial charge in [0.15, 0.2) is 0 Å². The van der Waals surface area contributed by atoms with E-state index in [1.807, 2.05) is 12.1 Å². The van der Waals surface area contributed by atoms with Gasteiger partial charge in [-0.15, -0.1) is 0 Å². The summed E-state index contributed by atoms with van der Waals surface area (Å²) in [5.41, 5.74) is 1.06. The van der Waals surface area contributed by atoms with Gasteiger partial charge in [-0.25, -0.2) is 0 Å². The van der Waals surface area contributed by atoms with Crippen LogP contribution in [0.25, 0.3) is 0 Å². The van der Waals surface area contributed by atoms with Crippen LogP contribution in [0.2, 0.25) is 0 Å². The maximum atomic E-state index is 12.0. The van der Waals surface area contributed by atoms with Gasteiger partial charge in [0.2, 0.25) is 0 Å². The van der Waals surface area contributed by atoms with E-state index in [1.54, 1.807) is 19.2 Å². The molecule has 1 aromatic rings. The predicted octanol–water partition coefficient (Wildman–Crippen LogP) is 3.12. The first-order chi connectivity index (χ1) is 9.08. The fourth-order valence-corrected chi connectivity index (χ4v) is 2.28. The third-order valence-electron chi connectivity index (χ3n) is 3.52. The molecule has 1 saturated carbocycles. The number of nitrogens with one attached hydrogen (secondary N) is 1. The van der Waals surface area contributed by atoms with Crippen LogP contribution in [0.4, 0.5) is 8.78 Å². The van der Waals surface area contributed by atoms with Crippen LogP contribution in [-0.2, 0) is 4.74 Å². The van der Waals surface area contributed by atoms with Crippen molar-refractivity contribution in [1.82, 2.24) is 5.32 Å². The number of benzene rings is 1. The lowest BCUT2D eigenvalue weighted by Crippen LogP contribution is -2.45. The molecule has 5 heteroatoms. The van der Waals surface area contributed by atoms with E-state index in [0.29, 0.717) is 12.1 Å². The molecule has 0 amide bonds. The van der Waals surface area contributed by atoms with E-state index in [2.05, 4.69) is 17.0 Å². The van der Waals surface area contributed by atoms with E-state index in [9.17, 15) is 8.78 Å². The van der Waals surface area contributed by atoms with E-state index in [4.69, 9.17) is 4.74 Å². The molecule has 0 radical (unpaired) electrons. The predicted molar refractivity (Wildman–Crippen MR) is 68.4 cm³/mol. The highest BCUT2D eigenvalue weighted by Gasteiger charge is 2.29. The molecule has 2 rings (SSSR count). The standard InChI is InChI=1S/C14H19F2NO2/c1-9(17-11-7-13(8-11)18-2)10-3-5-12(6-4-10)19-14(15)16/h3-6,9,11,13-14,17H,7-8H2,1-2H3. The Morgan fingerprint density at radius 1 is 1.21 bits per heavy atom. The second-order valence-electron chi connectivity index (χ2n) is 4.86. The van der Waals surface area contributed by atoms with Crippen LogP contribution in [0.1, 0.15) is 31.4 Å². The van der Waals surface area contributed by atoms with Crippen molar-refractivity contribution in [2.45, 2.75) is 44.6 Å². The Bertz CT molecular complexity index is 391. The molecule has 0 aliphatic heterocycles. The molecule has 0 bridgehead atoms. The lowest BCUT2D eigenvalue weighted by molar-refractivity contribution is -0.0498. The van der Waals surface area contributed by atoms with Gasteiger partial charge in [-0.3, -0.25) is 0 Å². The van der Waals surface area contributed by atoms with Crippen molar-refractivity contribution in [1.29, 1.82) is 0 Å². The molecule has 1 aromatic carbocycles. The van der Waals surface area contributed by atoms with Gasteiger partial charge < -0.3 is 14.8 Å². The van der Waals surface area contributed by atoms with Gasteiger partial charge in [0, 0.05) is 19.2 Å². The molecule has 1 aliphatic carbocycles. The summed E-state index contributed by atoms with van der Waals surface area (Å²) in [7, 11) is 1.73. The molecule has 0 spiro atoms. The van der Waals surface area contributed by atoms with Gasteiger partial charge in [0.05, 0.1) is 6.10 Å². The van der Waals surface area contributed by atoms with Crippen LogP contribution >= 0.6 is 0 Å². The van der Waals surface area contributed by atoms with Gasteiger partial charge >= 0.3 is 6.61 Å². The first-order valence-corrected chi connectivity index (χ1v) is 6.42. The van der Waals surface area contributed by atoms with Crippen LogP contribution in [0.15, 0.2) is 24.3 Å². The smallest absolute Gasteiger partial charge is 0.387 e. The largest absolute Gasteiger partial charge is 0.435 e. The molecule has 0 aromatic heterocycles. The third kappa shape index (κ3) is 3.88. The number of hydrogen-bond acceptors (Lipinski definition) is 3. The minimum absolute atomic E-state index is 0.184. The van der Waals surface area contributed by atoms with Crippen molar-refractivity contribution in [3.05, 3.63) is 29.8 Å². The number of ether oxygens (including phenoxy) is 2. The quantitative estimate of drug-likeness (QED) is 0.862. The lowest BCUT2D eigenvalue weighted by atomic mass is 9.88. The van der Waals surface area contributed by atoms with Crippen molar-refractivity contribution in [3.8, 4) is 5.75 Å². The monoisotopic (exact) mass is 271 g/mol. The lowest BCUT2D eigenvalue weighted by Gasteiger charge is -2.36. The molecular formula is C14H19F2NO2. The molecular weight excluding hydrogens is 252 g/mol. The number of hydrogen-bond donors (Lipinski definition) is 1. The van der Waals surface area contributed by atoms with Crippen molar-refractivity contribution >= 4 is 0 Å². The van der Waals surface area contributed by atoms with E-state index in [-0.39, 0.29) is 11.8 Å². The molecule has 1 aliphatic rings. The summed E-state index contributed by atoms with van der Waals surface area (Å²) < 4.78 is 33.6. The average Bonchev–Trinajstić information content (AvgIpc) is 2.33. The van der Waals surface area contributed by atoms with Crippen molar-refractivity contribution < 1.29 is 18.3 Å². The second kappa shape index (κ2) is 6.30. The molecule has 3 nitrogen and oxygen atoms in total. The number of methoxy groups -OCH3 is 1. The first-order valence-electron chi connectivity index (χ1n) is 6.42. The Balaban J connectivity index is 1.84. The minimum Gasteiger partial charge on any atom is -0.435 e. The summed E-state index contributed by atoms with van der Waals surface area (Å²) in [5, 5.41) is 3.49. The zero-order valence-electron chi connectivity index (χ0n) is 11.1. The van der Waals surface area contributed by atoms with Crippen LogP contribution in [0.3, 0.4) is 0 Å². The normalized spacial score (nSPS) is 24.1. The minimum atomic E-state index is -2.78. The Morgan fingerprint density at radius 3 is 2.37 bits per heavy atom. The van der Waals surface area contributed by atoms with Crippen LogP contribution in [-0.4, -0.2) is 25.9 Å². The van der Waals surface area contributed by atoms with E-state index in [0.717, 1.165) is 18.4 Å².